The van der Waals surface area contributed by atoms with E-state index in [0.29, 0.717) is 18.9 Å². The summed E-state index contributed by atoms with van der Waals surface area (Å²) in [5, 5.41) is 7.27. The van der Waals surface area contributed by atoms with Gasteiger partial charge in [0, 0.05) is 30.9 Å². The molecule has 0 fully saturated rings. The molecule has 0 saturated carbocycles. The van der Waals surface area contributed by atoms with Crippen molar-refractivity contribution in [1.29, 1.82) is 0 Å². The van der Waals surface area contributed by atoms with Crippen LogP contribution in [0.5, 0.6) is 0 Å². The van der Waals surface area contributed by atoms with Crippen LogP contribution in [0.3, 0.4) is 0 Å². The number of nitrogens with one attached hydrogen (secondary N) is 1. The number of benzene rings is 1. The second kappa shape index (κ2) is 7.62. The monoisotopic (exact) mass is 328 g/mol. The zero-order valence-corrected chi connectivity index (χ0v) is 15.3. The summed E-state index contributed by atoms with van der Waals surface area (Å²) >= 11 is 0. The van der Waals surface area contributed by atoms with E-state index in [-0.39, 0.29) is 11.9 Å². The Labute approximate surface area is 144 Å². The van der Waals surface area contributed by atoms with E-state index in [2.05, 4.69) is 36.4 Å². The molecule has 3 N–H and O–H groups in total. The average molecular weight is 328 g/mol. The molecule has 130 valence electrons. The maximum atomic E-state index is 12.2. The first-order valence-corrected chi connectivity index (χ1v) is 8.40. The van der Waals surface area contributed by atoms with E-state index in [1.54, 1.807) is 4.68 Å². The summed E-state index contributed by atoms with van der Waals surface area (Å²) < 4.78 is 1.81. The van der Waals surface area contributed by atoms with Gasteiger partial charge in [-0.05, 0) is 30.9 Å². The zero-order chi connectivity index (χ0) is 17.9. The third kappa shape index (κ3) is 4.23. The molecule has 2 aromatic rings. The number of aryl methyl sites for hydroxylation is 2. The van der Waals surface area contributed by atoms with Crippen LogP contribution in [0.4, 0.5) is 0 Å². The Kier molecular flexibility index (Phi) is 5.78. The Bertz CT molecular complexity index is 701. The molecule has 0 radical (unpaired) electrons. The van der Waals surface area contributed by atoms with E-state index in [1.165, 1.54) is 5.56 Å². The van der Waals surface area contributed by atoms with Gasteiger partial charge in [-0.2, -0.15) is 5.10 Å². The lowest BCUT2D eigenvalue weighted by Crippen LogP contribution is -2.33. The second-order valence-electron chi connectivity index (χ2n) is 6.68. The van der Waals surface area contributed by atoms with Crippen LogP contribution < -0.4 is 11.1 Å². The summed E-state index contributed by atoms with van der Waals surface area (Å²) in [6, 6.07) is 8.09. The Morgan fingerprint density at radius 2 is 1.79 bits per heavy atom. The highest BCUT2D eigenvalue weighted by molar-refractivity contribution is 5.79. The lowest BCUT2D eigenvalue weighted by molar-refractivity contribution is -0.120. The van der Waals surface area contributed by atoms with Gasteiger partial charge in [-0.25, -0.2) is 0 Å². The van der Waals surface area contributed by atoms with Gasteiger partial charge in [0.25, 0.3) is 0 Å². The van der Waals surface area contributed by atoms with Crippen molar-refractivity contribution in [3.63, 3.8) is 0 Å². The summed E-state index contributed by atoms with van der Waals surface area (Å²) in [4.78, 5) is 12.2. The van der Waals surface area contributed by atoms with Gasteiger partial charge in [0.05, 0.1) is 12.1 Å². The first-order valence-electron chi connectivity index (χ1n) is 8.40. The van der Waals surface area contributed by atoms with Crippen molar-refractivity contribution in [3.05, 3.63) is 52.3 Å². The Morgan fingerprint density at radius 1 is 1.21 bits per heavy atom. The molecule has 24 heavy (non-hydrogen) atoms. The number of nitrogens with zero attached hydrogens (tertiary/aromatic N) is 2. The van der Waals surface area contributed by atoms with Crippen molar-refractivity contribution < 1.29 is 4.79 Å². The van der Waals surface area contributed by atoms with E-state index < -0.39 is 0 Å². The number of aromatic nitrogens is 2. The maximum Gasteiger partial charge on any atom is 0.224 e. The summed E-state index contributed by atoms with van der Waals surface area (Å²) in [6.45, 7) is 8.66. The van der Waals surface area contributed by atoms with Crippen LogP contribution in [0.1, 0.15) is 53.9 Å². The van der Waals surface area contributed by atoms with Gasteiger partial charge in [-0.3, -0.25) is 9.48 Å². The zero-order valence-electron chi connectivity index (χ0n) is 15.3. The van der Waals surface area contributed by atoms with E-state index in [1.807, 2.05) is 33.0 Å². The largest absolute Gasteiger partial charge is 0.354 e. The van der Waals surface area contributed by atoms with Gasteiger partial charge in [-0.15, -0.1) is 0 Å². The molecule has 0 aliphatic rings. The van der Waals surface area contributed by atoms with E-state index in [4.69, 9.17) is 5.73 Å². The van der Waals surface area contributed by atoms with Crippen molar-refractivity contribution in [3.8, 4) is 0 Å². The predicted octanol–water partition coefficient (Wildman–Crippen LogP) is 2.52. The molecular formula is C19H28N4O. The predicted molar refractivity (Wildman–Crippen MR) is 96.9 cm³/mol. The molecule has 0 saturated heterocycles. The summed E-state index contributed by atoms with van der Waals surface area (Å²) in [6.07, 6.45) is 0.338. The Morgan fingerprint density at radius 3 is 2.29 bits per heavy atom. The third-order valence-electron chi connectivity index (χ3n) is 4.55. The SMILES string of the molecule is Cc1nn(C)c(C)c1CC(=O)NCC(N)c1ccc(C(C)C)cc1. The number of amides is 1. The average Bonchev–Trinajstić information content (AvgIpc) is 2.79. The highest BCUT2D eigenvalue weighted by Gasteiger charge is 2.14. The summed E-state index contributed by atoms with van der Waals surface area (Å²) in [5.74, 6) is 0.476. The molecule has 2 rings (SSSR count). The fourth-order valence-corrected chi connectivity index (χ4v) is 2.77. The van der Waals surface area contributed by atoms with Gasteiger partial charge in [0.1, 0.15) is 0 Å². The normalized spacial score (nSPS) is 12.5. The molecule has 1 atom stereocenters. The minimum Gasteiger partial charge on any atom is -0.354 e. The molecule has 1 aromatic heterocycles. The first-order chi connectivity index (χ1) is 11.3. The molecule has 1 aromatic carbocycles. The standard InChI is InChI=1S/C19H28N4O/c1-12(2)15-6-8-16(9-7-15)18(20)11-21-19(24)10-17-13(3)22-23(5)14(17)4/h6-9,12,18H,10-11,20H2,1-5H3,(H,21,24). The van der Waals surface area contributed by atoms with Gasteiger partial charge >= 0.3 is 0 Å². The molecule has 1 heterocycles. The molecule has 0 aliphatic heterocycles. The Balaban J connectivity index is 1.91. The molecule has 0 aliphatic carbocycles. The minimum atomic E-state index is -0.203. The van der Waals surface area contributed by atoms with Gasteiger partial charge in [-0.1, -0.05) is 38.1 Å². The Hall–Kier alpha value is -2.14. The fraction of sp³-hybridized carbons (Fsp3) is 0.474. The van der Waals surface area contributed by atoms with Crippen LogP contribution in [0.2, 0.25) is 0 Å². The van der Waals surface area contributed by atoms with Gasteiger partial charge < -0.3 is 11.1 Å². The number of hydrogen-bond acceptors (Lipinski definition) is 3. The molecule has 0 bridgehead atoms. The van der Waals surface area contributed by atoms with Crippen LogP contribution in [0.25, 0.3) is 0 Å². The maximum absolute atomic E-state index is 12.2. The molecule has 1 unspecified atom stereocenters. The first kappa shape index (κ1) is 18.2. The molecule has 5 nitrogen and oxygen atoms in total. The van der Waals surface area contributed by atoms with Crippen molar-refractivity contribution >= 4 is 5.91 Å². The fourth-order valence-electron chi connectivity index (χ4n) is 2.77. The van der Waals surface area contributed by atoms with Gasteiger partial charge in [0.2, 0.25) is 5.91 Å². The number of hydrogen-bond donors (Lipinski definition) is 2. The van der Waals surface area contributed by atoms with E-state index >= 15 is 0 Å². The highest BCUT2D eigenvalue weighted by atomic mass is 16.1. The highest BCUT2D eigenvalue weighted by Crippen LogP contribution is 2.17. The molecule has 1 amide bonds. The lowest BCUT2D eigenvalue weighted by Gasteiger charge is -2.14. The molecular weight excluding hydrogens is 300 g/mol. The number of carbonyl (C=O) groups excluding carboxylic acids is 1. The van der Waals surface area contributed by atoms with Gasteiger partial charge in [0.15, 0.2) is 0 Å². The summed E-state index contributed by atoms with van der Waals surface area (Å²) in [5.41, 5.74) is 11.4. The number of nitrogens with two attached hydrogens (primary N) is 1. The minimum absolute atomic E-state index is 0.0246. The number of rotatable bonds is 6. The molecule has 5 heteroatoms. The van der Waals surface area contributed by atoms with Crippen molar-refractivity contribution in [2.75, 3.05) is 6.54 Å². The van der Waals surface area contributed by atoms with Crippen LogP contribution in [-0.4, -0.2) is 22.2 Å². The number of carbonyl (C=O) groups is 1. The van der Waals surface area contributed by atoms with E-state index in [9.17, 15) is 4.79 Å². The topological polar surface area (TPSA) is 72.9 Å². The van der Waals surface area contributed by atoms with Crippen LogP contribution >= 0.6 is 0 Å². The quantitative estimate of drug-likeness (QED) is 0.856. The summed E-state index contributed by atoms with van der Waals surface area (Å²) in [7, 11) is 1.89. The second-order valence-corrected chi connectivity index (χ2v) is 6.68. The van der Waals surface area contributed by atoms with Crippen molar-refractivity contribution in [2.45, 2.75) is 46.1 Å². The van der Waals surface area contributed by atoms with Crippen molar-refractivity contribution in [1.82, 2.24) is 15.1 Å². The third-order valence-corrected chi connectivity index (χ3v) is 4.55. The lowest BCUT2D eigenvalue weighted by atomic mass is 9.99. The molecule has 0 spiro atoms. The van der Waals surface area contributed by atoms with Crippen LogP contribution in [-0.2, 0) is 18.3 Å². The van der Waals surface area contributed by atoms with Crippen molar-refractivity contribution in [2.24, 2.45) is 12.8 Å². The smallest absolute Gasteiger partial charge is 0.224 e. The van der Waals surface area contributed by atoms with Crippen LogP contribution in [0.15, 0.2) is 24.3 Å². The van der Waals surface area contributed by atoms with E-state index in [0.717, 1.165) is 22.5 Å². The van der Waals surface area contributed by atoms with Crippen LogP contribution in [0, 0.1) is 13.8 Å².